The molecule has 0 saturated carbocycles. The monoisotopic (exact) mass is 296 g/mol. The van der Waals surface area contributed by atoms with Gasteiger partial charge in [-0.2, -0.15) is 0 Å². The molecule has 0 spiro atoms. The summed E-state index contributed by atoms with van der Waals surface area (Å²) in [6, 6.07) is 6.91. The van der Waals surface area contributed by atoms with Gasteiger partial charge in [0.25, 0.3) is 0 Å². The van der Waals surface area contributed by atoms with Gasteiger partial charge in [0.1, 0.15) is 12.4 Å². The van der Waals surface area contributed by atoms with E-state index < -0.39 is 10.0 Å². The molecule has 20 heavy (non-hydrogen) atoms. The van der Waals surface area contributed by atoms with Gasteiger partial charge in [0.15, 0.2) is 0 Å². The second-order valence-electron chi connectivity index (χ2n) is 3.94. The Morgan fingerprint density at radius 3 is 2.75 bits per heavy atom. The fourth-order valence-corrected chi connectivity index (χ4v) is 1.60. The van der Waals surface area contributed by atoms with Crippen LogP contribution in [0.3, 0.4) is 0 Å². The predicted octanol–water partition coefficient (Wildman–Crippen LogP) is 0.576. The molecular weight excluding hydrogens is 280 g/mol. The molecule has 0 aliphatic carbocycles. The Labute approximate surface area is 118 Å². The summed E-state index contributed by atoms with van der Waals surface area (Å²) in [6.07, 6.45) is 1.07. The number of carbonyl (C=O) groups is 1. The minimum Gasteiger partial charge on any atom is -0.481 e. The molecule has 0 atom stereocenters. The molecule has 0 radical (unpaired) electrons. The van der Waals surface area contributed by atoms with Crippen molar-refractivity contribution in [1.29, 1.82) is 0 Å². The van der Waals surface area contributed by atoms with Crippen LogP contribution in [0.5, 0.6) is 5.75 Å². The molecule has 0 bridgehead atoms. The van der Waals surface area contributed by atoms with Gasteiger partial charge in [-0.15, -0.1) is 0 Å². The van der Waals surface area contributed by atoms with E-state index in [9.17, 15) is 13.2 Å². The molecule has 0 saturated heterocycles. The molecular formula is C13H16N2O4S. The molecule has 0 aromatic heterocycles. The van der Waals surface area contributed by atoms with Crippen LogP contribution in [-0.4, -0.2) is 33.7 Å². The van der Waals surface area contributed by atoms with Crippen molar-refractivity contribution in [3.8, 4) is 17.6 Å². The van der Waals surface area contributed by atoms with Gasteiger partial charge in [0.2, 0.25) is 15.9 Å². The number of benzene rings is 1. The lowest BCUT2D eigenvalue weighted by Gasteiger charge is -2.05. The molecule has 6 nitrogen and oxygen atoms in total. The van der Waals surface area contributed by atoms with Crippen LogP contribution in [0.25, 0.3) is 0 Å². The standard InChI is InChI=1S/C13H16N2O4S/c1-11(16)15-12-6-5-7-13(10-12)19-9-4-3-8-14-20(2,17)18/h5-7,10,14H,8-9H2,1-2H3,(H,15,16). The highest BCUT2D eigenvalue weighted by Crippen LogP contribution is 2.16. The number of hydrogen-bond donors (Lipinski definition) is 2. The van der Waals surface area contributed by atoms with Crippen LogP contribution in [0.2, 0.25) is 0 Å². The van der Waals surface area contributed by atoms with E-state index in [1.54, 1.807) is 24.3 Å². The lowest BCUT2D eigenvalue weighted by atomic mass is 10.3. The van der Waals surface area contributed by atoms with Crippen LogP contribution in [0.1, 0.15) is 6.92 Å². The first-order chi connectivity index (χ1) is 9.37. The fourth-order valence-electron chi connectivity index (χ4n) is 1.27. The first kappa shape index (κ1) is 16.0. The van der Waals surface area contributed by atoms with Crippen molar-refractivity contribution < 1.29 is 17.9 Å². The third-order valence-electron chi connectivity index (χ3n) is 2.01. The Morgan fingerprint density at radius 1 is 1.35 bits per heavy atom. The van der Waals surface area contributed by atoms with Gasteiger partial charge in [0.05, 0.1) is 12.8 Å². The molecule has 1 amide bonds. The second-order valence-corrected chi connectivity index (χ2v) is 5.78. The van der Waals surface area contributed by atoms with Crippen LogP contribution in [0.4, 0.5) is 5.69 Å². The van der Waals surface area contributed by atoms with Crippen LogP contribution in [0, 0.1) is 11.8 Å². The molecule has 0 heterocycles. The number of carbonyl (C=O) groups excluding carboxylic acids is 1. The lowest BCUT2D eigenvalue weighted by Crippen LogP contribution is -2.21. The third kappa shape index (κ3) is 7.41. The first-order valence-corrected chi connectivity index (χ1v) is 7.67. The van der Waals surface area contributed by atoms with Crippen molar-refractivity contribution >= 4 is 21.6 Å². The van der Waals surface area contributed by atoms with Crippen LogP contribution >= 0.6 is 0 Å². The van der Waals surface area contributed by atoms with Crippen LogP contribution < -0.4 is 14.8 Å². The van der Waals surface area contributed by atoms with Crippen molar-refractivity contribution in [3.63, 3.8) is 0 Å². The van der Waals surface area contributed by atoms with E-state index >= 15 is 0 Å². The van der Waals surface area contributed by atoms with Crippen LogP contribution in [-0.2, 0) is 14.8 Å². The van der Waals surface area contributed by atoms with Crippen LogP contribution in [0.15, 0.2) is 24.3 Å². The number of anilines is 1. The highest BCUT2D eigenvalue weighted by molar-refractivity contribution is 7.88. The summed E-state index contributed by atoms with van der Waals surface area (Å²) < 4.78 is 29.1. The number of rotatable bonds is 5. The largest absolute Gasteiger partial charge is 0.481 e. The molecule has 0 aliphatic rings. The highest BCUT2D eigenvalue weighted by Gasteiger charge is 1.98. The number of hydrogen-bond acceptors (Lipinski definition) is 4. The van der Waals surface area contributed by atoms with Gasteiger partial charge in [0, 0.05) is 18.7 Å². The molecule has 1 aromatic rings. The smallest absolute Gasteiger partial charge is 0.221 e. The summed E-state index contributed by atoms with van der Waals surface area (Å²) in [4.78, 5) is 10.9. The maximum Gasteiger partial charge on any atom is 0.221 e. The predicted molar refractivity (Wildman–Crippen MR) is 76.9 cm³/mol. The minimum atomic E-state index is -3.21. The van der Waals surface area contributed by atoms with Gasteiger partial charge in [-0.3, -0.25) is 4.79 Å². The SMILES string of the molecule is CC(=O)Nc1cccc(OCC#CCNS(C)(=O)=O)c1. The van der Waals surface area contributed by atoms with Crippen molar-refractivity contribution in [2.45, 2.75) is 6.92 Å². The highest BCUT2D eigenvalue weighted by atomic mass is 32.2. The van der Waals surface area contributed by atoms with Crippen molar-refractivity contribution in [2.24, 2.45) is 0 Å². The zero-order valence-electron chi connectivity index (χ0n) is 11.3. The summed E-state index contributed by atoms with van der Waals surface area (Å²) in [6.45, 7) is 1.61. The Hall–Kier alpha value is -2.04. The van der Waals surface area contributed by atoms with Gasteiger partial charge in [-0.05, 0) is 12.1 Å². The van der Waals surface area contributed by atoms with E-state index in [1.807, 2.05) is 0 Å². The summed E-state index contributed by atoms with van der Waals surface area (Å²) in [5.74, 6) is 5.72. The molecule has 0 fully saturated rings. The molecule has 108 valence electrons. The first-order valence-electron chi connectivity index (χ1n) is 5.77. The number of amides is 1. The van der Waals surface area contributed by atoms with E-state index in [-0.39, 0.29) is 19.1 Å². The molecule has 7 heteroatoms. The maximum atomic E-state index is 10.9. The molecule has 0 aliphatic heterocycles. The zero-order chi connectivity index (χ0) is 15.0. The Bertz CT molecular complexity index is 629. The Morgan fingerprint density at radius 2 is 2.10 bits per heavy atom. The van der Waals surface area contributed by atoms with Crippen molar-refractivity contribution in [3.05, 3.63) is 24.3 Å². The third-order valence-corrected chi connectivity index (χ3v) is 2.68. The van der Waals surface area contributed by atoms with Gasteiger partial charge in [-0.25, -0.2) is 13.1 Å². The number of nitrogens with one attached hydrogen (secondary N) is 2. The van der Waals surface area contributed by atoms with E-state index in [4.69, 9.17) is 4.74 Å². The van der Waals surface area contributed by atoms with E-state index in [0.29, 0.717) is 11.4 Å². The summed E-state index contributed by atoms with van der Waals surface area (Å²) in [7, 11) is -3.21. The van der Waals surface area contributed by atoms with Gasteiger partial charge >= 0.3 is 0 Å². The molecule has 2 N–H and O–H groups in total. The maximum absolute atomic E-state index is 10.9. The Kier molecular flexibility index (Phi) is 6.03. The quantitative estimate of drug-likeness (QED) is 0.778. The number of ether oxygens (including phenoxy) is 1. The number of sulfonamides is 1. The normalized spacial score (nSPS) is 10.3. The van der Waals surface area contributed by atoms with Gasteiger partial charge in [-0.1, -0.05) is 17.9 Å². The Balaban J connectivity index is 2.42. The summed E-state index contributed by atoms with van der Waals surface area (Å²) in [5.41, 5.74) is 0.640. The molecule has 0 unspecified atom stereocenters. The van der Waals surface area contributed by atoms with Gasteiger partial charge < -0.3 is 10.1 Å². The minimum absolute atomic E-state index is 0.0497. The second kappa shape index (κ2) is 7.53. The van der Waals surface area contributed by atoms with E-state index in [0.717, 1.165) is 6.26 Å². The molecule has 1 rings (SSSR count). The zero-order valence-corrected chi connectivity index (χ0v) is 12.1. The topological polar surface area (TPSA) is 84.5 Å². The summed E-state index contributed by atoms with van der Waals surface area (Å²) >= 11 is 0. The lowest BCUT2D eigenvalue weighted by molar-refractivity contribution is -0.114. The van der Waals surface area contributed by atoms with Crippen molar-refractivity contribution in [1.82, 2.24) is 4.72 Å². The summed E-state index contributed by atoms with van der Waals surface area (Å²) in [5, 5.41) is 2.64. The van der Waals surface area contributed by atoms with E-state index in [2.05, 4.69) is 21.9 Å². The average Bonchev–Trinajstić information content (AvgIpc) is 2.32. The average molecular weight is 296 g/mol. The van der Waals surface area contributed by atoms with Crippen molar-refractivity contribution in [2.75, 3.05) is 24.7 Å². The molecule has 1 aromatic carbocycles. The fraction of sp³-hybridized carbons (Fsp3) is 0.308. The van der Waals surface area contributed by atoms with E-state index in [1.165, 1.54) is 6.92 Å².